The molecule has 2 bridgehead atoms. The Morgan fingerprint density at radius 1 is 1.36 bits per heavy atom. The zero-order chi connectivity index (χ0) is 14.9. The number of hydrogen-bond donors (Lipinski definition) is 1. The van der Waals surface area contributed by atoms with E-state index in [1.807, 2.05) is 0 Å². The Kier molecular flexibility index (Phi) is 2.54. The minimum Gasteiger partial charge on any atom is -0.492 e. The molecule has 1 aromatic carbocycles. The molecule has 0 amide bonds. The standard InChI is InChI=1S/C17H21NO4/c1-20-15-10-7-18-8-14(19)17(5-3-2-4-13(17)18)11(10)6-12-16(15)22-9-21-12/h6,13-14,19H,2-5,7-9H2,1H3/t13-,14+,17-/m1/s1. The summed E-state index contributed by atoms with van der Waals surface area (Å²) in [6.45, 7) is 1.84. The summed E-state index contributed by atoms with van der Waals surface area (Å²) in [5, 5.41) is 10.9. The molecule has 1 N–H and O–H groups in total. The Morgan fingerprint density at radius 2 is 2.27 bits per heavy atom. The summed E-state index contributed by atoms with van der Waals surface area (Å²) in [5.74, 6) is 2.29. The zero-order valence-electron chi connectivity index (χ0n) is 12.8. The molecule has 118 valence electrons. The lowest BCUT2D eigenvalue weighted by atomic mass is 9.62. The highest BCUT2D eigenvalue weighted by atomic mass is 16.7. The predicted molar refractivity (Wildman–Crippen MR) is 79.5 cm³/mol. The summed E-state index contributed by atoms with van der Waals surface area (Å²) >= 11 is 0. The van der Waals surface area contributed by atoms with Crippen LogP contribution in [0.25, 0.3) is 0 Å². The Bertz CT molecular complexity index is 646. The van der Waals surface area contributed by atoms with Crippen molar-refractivity contribution < 1.29 is 19.3 Å². The molecule has 1 saturated heterocycles. The van der Waals surface area contributed by atoms with Crippen LogP contribution in [0, 0.1) is 0 Å². The van der Waals surface area contributed by atoms with Crippen LogP contribution in [0.15, 0.2) is 6.07 Å². The first kappa shape index (κ1) is 13.0. The maximum absolute atomic E-state index is 10.9. The maximum Gasteiger partial charge on any atom is 0.231 e. The molecule has 0 radical (unpaired) electrons. The van der Waals surface area contributed by atoms with Gasteiger partial charge in [-0.2, -0.15) is 0 Å². The molecule has 0 spiro atoms. The number of hydrogen-bond acceptors (Lipinski definition) is 5. The molecule has 1 aliphatic carbocycles. The van der Waals surface area contributed by atoms with Gasteiger partial charge in [-0.1, -0.05) is 12.8 Å². The van der Waals surface area contributed by atoms with Crippen molar-refractivity contribution in [3.05, 3.63) is 17.2 Å². The Hall–Kier alpha value is -1.46. The molecule has 3 aliphatic heterocycles. The fraction of sp³-hybridized carbons (Fsp3) is 0.647. The lowest BCUT2D eigenvalue weighted by Crippen LogP contribution is -2.51. The van der Waals surface area contributed by atoms with E-state index in [0.29, 0.717) is 6.04 Å². The van der Waals surface area contributed by atoms with Gasteiger partial charge in [0.15, 0.2) is 11.5 Å². The molecule has 5 heteroatoms. The van der Waals surface area contributed by atoms with E-state index in [0.717, 1.165) is 36.8 Å². The average Bonchev–Trinajstić information content (AvgIpc) is 3.08. The van der Waals surface area contributed by atoms with Gasteiger partial charge in [0.05, 0.1) is 13.2 Å². The van der Waals surface area contributed by atoms with Gasteiger partial charge in [-0.05, 0) is 24.5 Å². The van der Waals surface area contributed by atoms with Crippen LogP contribution < -0.4 is 14.2 Å². The first-order valence-corrected chi connectivity index (χ1v) is 8.18. The summed E-state index contributed by atoms with van der Waals surface area (Å²) in [6, 6.07) is 2.57. The third kappa shape index (κ3) is 1.37. The second-order valence-corrected chi connectivity index (χ2v) is 6.92. The van der Waals surface area contributed by atoms with Crippen molar-refractivity contribution in [2.75, 3.05) is 20.4 Å². The van der Waals surface area contributed by atoms with Crippen molar-refractivity contribution in [3.63, 3.8) is 0 Å². The number of nitrogens with zero attached hydrogens (tertiary/aromatic N) is 1. The SMILES string of the molecule is COc1c2c(cc3c1OCO3)[C@]13CCCC[C@H]1N(C2)C[C@@H]3O. The third-order valence-electron chi connectivity index (χ3n) is 6.14. The molecule has 2 fully saturated rings. The van der Waals surface area contributed by atoms with Gasteiger partial charge >= 0.3 is 0 Å². The monoisotopic (exact) mass is 303 g/mol. The van der Waals surface area contributed by atoms with E-state index >= 15 is 0 Å². The predicted octanol–water partition coefficient (Wildman–Crippen LogP) is 1.79. The number of benzene rings is 1. The average molecular weight is 303 g/mol. The molecule has 1 aromatic rings. The quantitative estimate of drug-likeness (QED) is 0.857. The number of aliphatic hydroxyl groups excluding tert-OH is 1. The molecular formula is C17H21NO4. The molecule has 22 heavy (non-hydrogen) atoms. The van der Waals surface area contributed by atoms with Crippen LogP contribution >= 0.6 is 0 Å². The summed E-state index contributed by atoms with van der Waals surface area (Å²) in [5.41, 5.74) is 2.26. The van der Waals surface area contributed by atoms with Gasteiger partial charge < -0.3 is 19.3 Å². The highest BCUT2D eigenvalue weighted by molar-refractivity contribution is 5.63. The van der Waals surface area contributed by atoms with Crippen LogP contribution in [0.2, 0.25) is 0 Å². The molecule has 1 saturated carbocycles. The van der Waals surface area contributed by atoms with Crippen molar-refractivity contribution in [2.24, 2.45) is 0 Å². The van der Waals surface area contributed by atoms with Gasteiger partial charge in [-0.15, -0.1) is 0 Å². The van der Waals surface area contributed by atoms with E-state index in [1.165, 1.54) is 30.4 Å². The number of aliphatic hydroxyl groups is 1. The molecule has 1 unspecified atom stereocenters. The molecule has 3 heterocycles. The van der Waals surface area contributed by atoms with Crippen molar-refractivity contribution in [1.29, 1.82) is 0 Å². The number of methoxy groups -OCH3 is 1. The minimum atomic E-state index is -0.302. The summed E-state index contributed by atoms with van der Waals surface area (Å²) < 4.78 is 16.9. The maximum atomic E-state index is 10.9. The largest absolute Gasteiger partial charge is 0.492 e. The normalized spacial score (nSPS) is 37.6. The highest BCUT2D eigenvalue weighted by Gasteiger charge is 2.59. The fourth-order valence-corrected chi connectivity index (χ4v) is 5.30. The molecule has 4 atom stereocenters. The number of ether oxygens (including phenoxy) is 3. The number of rotatable bonds is 1. The van der Waals surface area contributed by atoms with Gasteiger partial charge in [0.25, 0.3) is 0 Å². The molecule has 5 rings (SSSR count). The van der Waals surface area contributed by atoms with Gasteiger partial charge in [0.2, 0.25) is 12.5 Å². The second kappa shape index (κ2) is 4.30. The molecule has 5 nitrogen and oxygen atoms in total. The van der Waals surface area contributed by atoms with Crippen LogP contribution in [0.3, 0.4) is 0 Å². The van der Waals surface area contributed by atoms with Gasteiger partial charge in [0.1, 0.15) is 0 Å². The van der Waals surface area contributed by atoms with Crippen LogP contribution in [0.1, 0.15) is 36.8 Å². The highest BCUT2D eigenvalue weighted by Crippen LogP contribution is 2.58. The Balaban J connectivity index is 1.78. The summed E-state index contributed by atoms with van der Waals surface area (Å²) in [4.78, 5) is 2.44. The zero-order valence-corrected chi connectivity index (χ0v) is 12.8. The smallest absolute Gasteiger partial charge is 0.231 e. The van der Waals surface area contributed by atoms with E-state index in [1.54, 1.807) is 7.11 Å². The summed E-state index contributed by atoms with van der Waals surface area (Å²) in [7, 11) is 1.69. The van der Waals surface area contributed by atoms with E-state index in [4.69, 9.17) is 14.2 Å². The Morgan fingerprint density at radius 3 is 3.14 bits per heavy atom. The molecular weight excluding hydrogens is 282 g/mol. The van der Waals surface area contributed by atoms with Crippen LogP contribution in [-0.2, 0) is 12.0 Å². The van der Waals surface area contributed by atoms with Crippen molar-refractivity contribution in [2.45, 2.75) is 49.8 Å². The Labute approximate surface area is 129 Å². The number of fused-ring (bicyclic) bond motifs is 2. The van der Waals surface area contributed by atoms with Crippen molar-refractivity contribution in [1.82, 2.24) is 4.90 Å². The van der Waals surface area contributed by atoms with Crippen LogP contribution in [0.5, 0.6) is 17.2 Å². The molecule has 0 aromatic heterocycles. The lowest BCUT2D eigenvalue weighted by molar-refractivity contribution is 0.0744. The first-order valence-electron chi connectivity index (χ1n) is 8.18. The van der Waals surface area contributed by atoms with Crippen molar-refractivity contribution in [3.8, 4) is 17.2 Å². The lowest BCUT2D eigenvalue weighted by Gasteiger charge is -2.48. The van der Waals surface area contributed by atoms with Gasteiger partial charge in [-0.25, -0.2) is 0 Å². The van der Waals surface area contributed by atoms with E-state index in [-0.39, 0.29) is 18.3 Å². The topological polar surface area (TPSA) is 51.2 Å². The summed E-state index contributed by atoms with van der Waals surface area (Å²) in [6.07, 6.45) is 4.35. The molecule has 4 aliphatic rings. The fourth-order valence-electron chi connectivity index (χ4n) is 5.30. The van der Waals surface area contributed by atoms with Crippen LogP contribution in [-0.4, -0.2) is 42.6 Å². The third-order valence-corrected chi connectivity index (χ3v) is 6.14. The van der Waals surface area contributed by atoms with Gasteiger partial charge in [0, 0.05) is 30.1 Å². The second-order valence-electron chi connectivity index (χ2n) is 6.92. The van der Waals surface area contributed by atoms with E-state index in [9.17, 15) is 5.11 Å². The van der Waals surface area contributed by atoms with Gasteiger partial charge in [-0.3, -0.25) is 4.90 Å². The first-order chi connectivity index (χ1) is 10.8. The van der Waals surface area contributed by atoms with Crippen LogP contribution in [0.4, 0.5) is 0 Å². The van der Waals surface area contributed by atoms with Crippen molar-refractivity contribution >= 4 is 0 Å². The van der Waals surface area contributed by atoms with E-state index in [2.05, 4.69) is 11.0 Å². The minimum absolute atomic E-state index is 0.153. The van der Waals surface area contributed by atoms with E-state index < -0.39 is 0 Å².